The van der Waals surface area contributed by atoms with Gasteiger partial charge in [-0.25, -0.2) is 4.68 Å². The Labute approximate surface area is 184 Å². The number of nitrogens with zero attached hydrogens (tertiary/aromatic N) is 5. The first-order valence-electron chi connectivity index (χ1n) is 11.3. The number of rotatable bonds is 6. The summed E-state index contributed by atoms with van der Waals surface area (Å²) < 4.78 is 4.86. The largest absolute Gasteiger partial charge is 0.343 e. The van der Waals surface area contributed by atoms with Gasteiger partial charge in [-0.1, -0.05) is 23.8 Å². The zero-order valence-electron chi connectivity index (χ0n) is 18.2. The van der Waals surface area contributed by atoms with Gasteiger partial charge in [-0.2, -0.15) is 5.10 Å². The van der Waals surface area contributed by atoms with Crippen molar-refractivity contribution >= 4 is 18.1 Å². The van der Waals surface area contributed by atoms with Crippen molar-refractivity contribution in [2.75, 3.05) is 26.2 Å². The van der Waals surface area contributed by atoms with Gasteiger partial charge in [-0.05, 0) is 63.7 Å². The lowest BCUT2D eigenvalue weighted by Crippen LogP contribution is -2.37. The topological polar surface area (TPSA) is 46.3 Å². The Balaban J connectivity index is 1.38. The van der Waals surface area contributed by atoms with Crippen LogP contribution in [0.25, 0.3) is 11.4 Å². The molecular formula is C23H33N5OS. The third-order valence-corrected chi connectivity index (χ3v) is 6.91. The van der Waals surface area contributed by atoms with E-state index in [0.717, 1.165) is 74.8 Å². The Bertz CT molecular complexity index is 935. The molecule has 1 amide bonds. The number of likely N-dealkylation sites (tertiary alicyclic amines) is 2. The molecule has 0 aliphatic carbocycles. The van der Waals surface area contributed by atoms with Gasteiger partial charge in [0.1, 0.15) is 0 Å². The second kappa shape index (κ2) is 9.43. The van der Waals surface area contributed by atoms with Gasteiger partial charge in [0.2, 0.25) is 5.91 Å². The molecule has 7 heteroatoms. The van der Waals surface area contributed by atoms with Gasteiger partial charge in [0, 0.05) is 44.7 Å². The molecule has 0 bridgehead atoms. The minimum atomic E-state index is 0.359. The van der Waals surface area contributed by atoms with Crippen LogP contribution in [-0.4, -0.2) is 56.2 Å². The van der Waals surface area contributed by atoms with Crippen LogP contribution in [0.15, 0.2) is 24.3 Å². The number of piperidine rings is 1. The quantitative estimate of drug-likeness (QED) is 0.652. The Kier molecular flexibility index (Phi) is 6.68. The van der Waals surface area contributed by atoms with Gasteiger partial charge < -0.3 is 9.47 Å². The van der Waals surface area contributed by atoms with E-state index < -0.39 is 0 Å². The molecular weight excluding hydrogens is 394 g/mol. The van der Waals surface area contributed by atoms with E-state index in [4.69, 9.17) is 17.3 Å². The van der Waals surface area contributed by atoms with E-state index in [-0.39, 0.29) is 0 Å². The van der Waals surface area contributed by atoms with Crippen LogP contribution in [0, 0.1) is 17.6 Å². The zero-order valence-corrected chi connectivity index (χ0v) is 19.0. The summed E-state index contributed by atoms with van der Waals surface area (Å²) in [6.07, 6.45) is 5.20. The highest BCUT2D eigenvalue weighted by atomic mass is 32.1. The fourth-order valence-electron chi connectivity index (χ4n) is 4.68. The Hall–Kier alpha value is -1.99. The van der Waals surface area contributed by atoms with Crippen molar-refractivity contribution in [3.05, 3.63) is 34.6 Å². The van der Waals surface area contributed by atoms with E-state index in [2.05, 4.69) is 52.5 Å². The minimum Gasteiger partial charge on any atom is -0.343 e. The van der Waals surface area contributed by atoms with Gasteiger partial charge in [-0.15, -0.1) is 0 Å². The van der Waals surface area contributed by atoms with Crippen molar-refractivity contribution in [1.29, 1.82) is 0 Å². The molecule has 1 aromatic carbocycles. The van der Waals surface area contributed by atoms with Crippen LogP contribution in [0.5, 0.6) is 0 Å². The van der Waals surface area contributed by atoms with Crippen LogP contribution in [0.3, 0.4) is 0 Å². The van der Waals surface area contributed by atoms with E-state index in [1.54, 1.807) is 0 Å². The molecule has 0 spiro atoms. The van der Waals surface area contributed by atoms with Gasteiger partial charge in [0.05, 0.1) is 6.67 Å². The molecule has 0 atom stereocenters. The Morgan fingerprint density at radius 1 is 1.17 bits per heavy atom. The summed E-state index contributed by atoms with van der Waals surface area (Å²) in [5.74, 6) is 1.81. The molecule has 0 unspecified atom stereocenters. The molecule has 0 radical (unpaired) electrons. The van der Waals surface area contributed by atoms with E-state index in [9.17, 15) is 4.79 Å². The van der Waals surface area contributed by atoms with Crippen LogP contribution in [0.4, 0.5) is 0 Å². The van der Waals surface area contributed by atoms with Crippen molar-refractivity contribution < 1.29 is 4.79 Å². The maximum atomic E-state index is 12.4. The molecule has 162 valence electrons. The normalized spacial score (nSPS) is 18.3. The van der Waals surface area contributed by atoms with E-state index in [1.165, 1.54) is 18.4 Å². The maximum absolute atomic E-state index is 12.4. The van der Waals surface area contributed by atoms with E-state index >= 15 is 0 Å². The number of carbonyl (C=O) groups excluding carboxylic acids is 1. The second-order valence-corrected chi connectivity index (χ2v) is 9.08. The average Bonchev–Trinajstić information content (AvgIpc) is 3.38. The lowest BCUT2D eigenvalue weighted by Gasteiger charge is -2.32. The highest BCUT2D eigenvalue weighted by molar-refractivity contribution is 7.71. The molecule has 4 rings (SSSR count). The SMILES string of the molecule is CCn1c(-c2cccc(C)c2)nn(CN2CCC(CC(=O)N3CCCC3)CC2)c1=S. The van der Waals surface area contributed by atoms with Crippen LogP contribution >= 0.6 is 12.2 Å². The lowest BCUT2D eigenvalue weighted by molar-refractivity contribution is -0.131. The van der Waals surface area contributed by atoms with Crippen LogP contribution in [-0.2, 0) is 18.0 Å². The number of hydrogen-bond donors (Lipinski definition) is 0. The molecule has 2 aliphatic rings. The zero-order chi connectivity index (χ0) is 21.1. The van der Waals surface area contributed by atoms with Crippen molar-refractivity contribution in [1.82, 2.24) is 24.1 Å². The number of hydrogen-bond acceptors (Lipinski definition) is 4. The van der Waals surface area contributed by atoms with Crippen molar-refractivity contribution in [2.24, 2.45) is 5.92 Å². The summed E-state index contributed by atoms with van der Waals surface area (Å²) in [5.41, 5.74) is 2.34. The number of aromatic nitrogens is 3. The van der Waals surface area contributed by atoms with Crippen LogP contribution in [0.2, 0.25) is 0 Å². The summed E-state index contributed by atoms with van der Waals surface area (Å²) >= 11 is 5.74. The van der Waals surface area contributed by atoms with Gasteiger partial charge in [-0.3, -0.25) is 9.69 Å². The van der Waals surface area contributed by atoms with Crippen LogP contribution < -0.4 is 0 Å². The summed E-state index contributed by atoms with van der Waals surface area (Å²) in [7, 11) is 0. The number of aryl methyl sites for hydroxylation is 1. The Morgan fingerprint density at radius 3 is 2.57 bits per heavy atom. The van der Waals surface area contributed by atoms with Gasteiger partial charge in [0.25, 0.3) is 0 Å². The summed E-state index contributed by atoms with van der Waals surface area (Å²) in [5, 5.41) is 4.88. The molecule has 0 saturated carbocycles. The smallest absolute Gasteiger partial charge is 0.222 e. The summed E-state index contributed by atoms with van der Waals surface area (Å²) in [4.78, 5) is 16.9. The first-order valence-corrected chi connectivity index (χ1v) is 11.7. The third kappa shape index (κ3) is 4.67. The van der Waals surface area contributed by atoms with Crippen molar-refractivity contribution in [3.8, 4) is 11.4 Å². The average molecular weight is 428 g/mol. The standard InChI is InChI=1S/C23H33N5OS/c1-3-27-22(20-8-6-7-18(2)15-20)24-28(23(27)30)17-25-13-9-19(10-14-25)16-21(29)26-11-4-5-12-26/h6-8,15,19H,3-5,9-14,16-17H2,1-2H3. The second-order valence-electron chi connectivity index (χ2n) is 8.71. The highest BCUT2D eigenvalue weighted by Gasteiger charge is 2.25. The molecule has 2 fully saturated rings. The van der Waals surface area contributed by atoms with E-state index in [0.29, 0.717) is 11.8 Å². The summed E-state index contributed by atoms with van der Waals surface area (Å²) in [6.45, 7) is 9.66. The fourth-order valence-corrected chi connectivity index (χ4v) is 4.99. The first-order chi connectivity index (χ1) is 14.5. The maximum Gasteiger partial charge on any atom is 0.222 e. The Morgan fingerprint density at radius 2 is 1.90 bits per heavy atom. The van der Waals surface area contributed by atoms with Crippen molar-refractivity contribution in [2.45, 2.75) is 59.2 Å². The molecule has 0 N–H and O–H groups in total. The lowest BCUT2D eigenvalue weighted by atomic mass is 9.93. The predicted molar refractivity (Wildman–Crippen MR) is 122 cm³/mol. The highest BCUT2D eigenvalue weighted by Crippen LogP contribution is 2.24. The number of benzene rings is 1. The monoisotopic (exact) mass is 427 g/mol. The van der Waals surface area contributed by atoms with Crippen LogP contribution in [0.1, 0.15) is 44.6 Å². The van der Waals surface area contributed by atoms with Crippen molar-refractivity contribution in [3.63, 3.8) is 0 Å². The molecule has 2 aliphatic heterocycles. The van der Waals surface area contributed by atoms with Gasteiger partial charge >= 0.3 is 0 Å². The predicted octanol–water partition coefficient (Wildman–Crippen LogP) is 4.09. The number of carbonyl (C=O) groups is 1. The molecule has 30 heavy (non-hydrogen) atoms. The van der Waals surface area contributed by atoms with E-state index in [1.807, 2.05) is 4.68 Å². The first kappa shape index (κ1) is 21.2. The fraction of sp³-hybridized carbons (Fsp3) is 0.609. The number of amides is 1. The molecule has 3 heterocycles. The summed E-state index contributed by atoms with van der Waals surface area (Å²) in [6, 6.07) is 8.44. The molecule has 6 nitrogen and oxygen atoms in total. The molecule has 2 saturated heterocycles. The van der Waals surface area contributed by atoms with Gasteiger partial charge in [0.15, 0.2) is 10.6 Å². The molecule has 1 aromatic heterocycles. The third-order valence-electron chi connectivity index (χ3n) is 6.48. The molecule has 2 aromatic rings. The minimum absolute atomic E-state index is 0.359.